The minimum Gasteiger partial charge on any atom is -0.454 e. The Morgan fingerprint density at radius 1 is 1.00 bits per heavy atom. The van der Waals surface area contributed by atoms with Gasteiger partial charge in [-0.25, -0.2) is 0 Å². The first-order chi connectivity index (χ1) is 10.2. The van der Waals surface area contributed by atoms with Crippen LogP contribution in [0, 0.1) is 0 Å². The Morgan fingerprint density at radius 3 is 2.67 bits per heavy atom. The highest BCUT2D eigenvalue weighted by Crippen LogP contribution is 2.26. The van der Waals surface area contributed by atoms with Gasteiger partial charge in [-0.3, -0.25) is 4.79 Å². The van der Waals surface area contributed by atoms with Crippen molar-refractivity contribution < 1.29 is 4.42 Å². The highest BCUT2D eigenvalue weighted by atomic mass is 16.3. The molecule has 4 aromatic rings. The van der Waals surface area contributed by atoms with Crippen molar-refractivity contribution in [1.82, 2.24) is 4.57 Å². The summed E-state index contributed by atoms with van der Waals surface area (Å²) in [5.41, 5.74) is 1.50. The number of aryl methyl sites for hydroxylation is 1. The van der Waals surface area contributed by atoms with Crippen molar-refractivity contribution in [3.05, 3.63) is 71.0 Å². The van der Waals surface area contributed by atoms with E-state index >= 15 is 0 Å². The molecule has 4 rings (SSSR count). The number of aromatic nitrogens is 1. The average Bonchev–Trinajstić information content (AvgIpc) is 2.92. The number of fused-ring (bicyclic) bond motifs is 3. The van der Waals surface area contributed by atoms with Gasteiger partial charge < -0.3 is 8.98 Å². The van der Waals surface area contributed by atoms with Crippen molar-refractivity contribution in [3.63, 3.8) is 0 Å². The fraction of sp³-hybridized carbons (Fsp3) is 0.0556. The Hall–Kier alpha value is -2.81. The standard InChI is InChI=1S/C18H13NO2/c1-19-10-4-7-14(19)17-11-15(20)18-13-6-3-2-5-12(13)8-9-16(18)21-17/h2-11H,1H3. The molecule has 0 aliphatic carbocycles. The van der Waals surface area contributed by atoms with Gasteiger partial charge in [0.25, 0.3) is 0 Å². The van der Waals surface area contributed by atoms with Crippen LogP contribution in [0.1, 0.15) is 0 Å². The Bertz CT molecular complexity index is 1020. The molecule has 0 N–H and O–H groups in total. The molecular weight excluding hydrogens is 262 g/mol. The first-order valence-electron chi connectivity index (χ1n) is 6.81. The second-order valence-corrected chi connectivity index (χ2v) is 5.14. The molecule has 2 heterocycles. The Labute approximate surface area is 121 Å². The molecule has 0 unspecified atom stereocenters. The zero-order valence-electron chi connectivity index (χ0n) is 11.5. The van der Waals surface area contributed by atoms with E-state index in [1.165, 1.54) is 0 Å². The molecule has 0 spiro atoms. The molecule has 2 aromatic carbocycles. The molecule has 0 saturated heterocycles. The molecule has 102 valence electrons. The second-order valence-electron chi connectivity index (χ2n) is 5.14. The maximum Gasteiger partial charge on any atom is 0.194 e. The van der Waals surface area contributed by atoms with E-state index in [2.05, 4.69) is 0 Å². The molecule has 0 amide bonds. The van der Waals surface area contributed by atoms with Gasteiger partial charge in [-0.15, -0.1) is 0 Å². The van der Waals surface area contributed by atoms with Crippen molar-refractivity contribution in [2.75, 3.05) is 0 Å². The number of hydrogen-bond donors (Lipinski definition) is 0. The van der Waals surface area contributed by atoms with Gasteiger partial charge in [0.2, 0.25) is 0 Å². The molecule has 3 heteroatoms. The predicted octanol–water partition coefficient (Wildman–Crippen LogP) is 3.95. The third-order valence-corrected chi connectivity index (χ3v) is 3.82. The SMILES string of the molecule is Cn1cccc1-c1cc(=O)c2c(ccc3ccccc32)o1. The largest absolute Gasteiger partial charge is 0.454 e. The van der Waals surface area contributed by atoms with E-state index in [1.807, 2.05) is 66.3 Å². The van der Waals surface area contributed by atoms with Gasteiger partial charge in [0.1, 0.15) is 5.58 Å². The predicted molar refractivity (Wildman–Crippen MR) is 84.4 cm³/mol. The summed E-state index contributed by atoms with van der Waals surface area (Å²) in [5.74, 6) is 0.593. The van der Waals surface area contributed by atoms with Crippen molar-refractivity contribution in [1.29, 1.82) is 0 Å². The van der Waals surface area contributed by atoms with Gasteiger partial charge in [-0.1, -0.05) is 30.3 Å². The molecule has 0 saturated carbocycles. The van der Waals surface area contributed by atoms with Crippen LogP contribution in [0.2, 0.25) is 0 Å². The van der Waals surface area contributed by atoms with E-state index in [1.54, 1.807) is 6.07 Å². The van der Waals surface area contributed by atoms with Gasteiger partial charge in [0.15, 0.2) is 11.2 Å². The highest BCUT2D eigenvalue weighted by molar-refractivity contribution is 6.05. The van der Waals surface area contributed by atoms with Crippen LogP contribution in [0.5, 0.6) is 0 Å². The summed E-state index contributed by atoms with van der Waals surface area (Å²) in [6, 6.07) is 17.1. The normalized spacial score (nSPS) is 11.3. The number of rotatable bonds is 1. The van der Waals surface area contributed by atoms with Crippen molar-refractivity contribution in [2.45, 2.75) is 0 Å². The highest BCUT2D eigenvalue weighted by Gasteiger charge is 2.11. The lowest BCUT2D eigenvalue weighted by Gasteiger charge is -2.06. The summed E-state index contributed by atoms with van der Waals surface area (Å²) in [5, 5.41) is 2.62. The van der Waals surface area contributed by atoms with E-state index in [4.69, 9.17) is 4.42 Å². The summed E-state index contributed by atoms with van der Waals surface area (Å²) in [7, 11) is 1.93. The quantitative estimate of drug-likeness (QED) is 0.493. The van der Waals surface area contributed by atoms with E-state index in [9.17, 15) is 4.79 Å². The Kier molecular flexibility index (Phi) is 2.48. The lowest BCUT2D eigenvalue weighted by Crippen LogP contribution is -2.02. The number of nitrogens with zero attached hydrogens (tertiary/aromatic N) is 1. The molecular formula is C18H13NO2. The van der Waals surface area contributed by atoms with Crippen molar-refractivity contribution in [3.8, 4) is 11.5 Å². The molecule has 0 aliphatic heterocycles. The van der Waals surface area contributed by atoms with Crippen LogP contribution in [0.4, 0.5) is 0 Å². The topological polar surface area (TPSA) is 35.1 Å². The molecule has 0 bridgehead atoms. The Morgan fingerprint density at radius 2 is 1.86 bits per heavy atom. The van der Waals surface area contributed by atoms with Crippen molar-refractivity contribution >= 4 is 21.7 Å². The second kappa shape index (κ2) is 4.35. The van der Waals surface area contributed by atoms with Gasteiger partial charge in [0, 0.05) is 19.3 Å². The summed E-state index contributed by atoms with van der Waals surface area (Å²) in [6.07, 6.45) is 1.93. The third-order valence-electron chi connectivity index (χ3n) is 3.82. The van der Waals surface area contributed by atoms with Crippen LogP contribution in [0.25, 0.3) is 33.2 Å². The summed E-state index contributed by atoms with van der Waals surface area (Å²) >= 11 is 0. The van der Waals surface area contributed by atoms with E-state index in [0.29, 0.717) is 16.7 Å². The molecule has 2 aromatic heterocycles. The summed E-state index contributed by atoms with van der Waals surface area (Å²) < 4.78 is 7.89. The molecule has 0 atom stereocenters. The summed E-state index contributed by atoms with van der Waals surface area (Å²) in [6.45, 7) is 0. The van der Waals surface area contributed by atoms with Crippen molar-refractivity contribution in [2.24, 2.45) is 7.05 Å². The van der Waals surface area contributed by atoms with Crippen LogP contribution >= 0.6 is 0 Å². The molecule has 0 fully saturated rings. The fourth-order valence-electron chi connectivity index (χ4n) is 2.77. The van der Waals surface area contributed by atoms with Gasteiger partial charge in [-0.2, -0.15) is 0 Å². The smallest absolute Gasteiger partial charge is 0.194 e. The number of hydrogen-bond acceptors (Lipinski definition) is 2. The van der Waals surface area contributed by atoms with Gasteiger partial charge in [-0.05, 0) is 29.0 Å². The minimum absolute atomic E-state index is 0.00995. The Balaban J connectivity index is 2.11. The lowest BCUT2D eigenvalue weighted by molar-refractivity contribution is 0.612. The molecule has 3 nitrogen and oxygen atoms in total. The first kappa shape index (κ1) is 12.0. The van der Waals surface area contributed by atoms with Crippen LogP contribution < -0.4 is 5.43 Å². The molecule has 0 radical (unpaired) electrons. The van der Waals surface area contributed by atoms with Crippen LogP contribution in [0.15, 0.2) is 70.0 Å². The van der Waals surface area contributed by atoms with Gasteiger partial charge >= 0.3 is 0 Å². The molecule has 0 aliphatic rings. The minimum atomic E-state index is -0.00995. The van der Waals surface area contributed by atoms with E-state index in [-0.39, 0.29) is 5.43 Å². The van der Waals surface area contributed by atoms with Crippen LogP contribution in [-0.4, -0.2) is 4.57 Å². The monoisotopic (exact) mass is 275 g/mol. The van der Waals surface area contributed by atoms with E-state index in [0.717, 1.165) is 16.5 Å². The van der Waals surface area contributed by atoms with Gasteiger partial charge in [0.05, 0.1) is 11.1 Å². The average molecular weight is 275 g/mol. The maximum atomic E-state index is 12.6. The lowest BCUT2D eigenvalue weighted by atomic mass is 10.1. The zero-order valence-corrected chi connectivity index (χ0v) is 11.5. The number of benzene rings is 2. The zero-order chi connectivity index (χ0) is 14.4. The van der Waals surface area contributed by atoms with Crippen LogP contribution in [-0.2, 0) is 7.05 Å². The first-order valence-corrected chi connectivity index (χ1v) is 6.81. The third kappa shape index (κ3) is 1.78. The fourth-order valence-corrected chi connectivity index (χ4v) is 2.77. The van der Waals surface area contributed by atoms with E-state index < -0.39 is 0 Å². The molecule has 21 heavy (non-hydrogen) atoms. The summed E-state index contributed by atoms with van der Waals surface area (Å²) in [4.78, 5) is 12.6. The van der Waals surface area contributed by atoms with Crippen LogP contribution in [0.3, 0.4) is 0 Å². The maximum absolute atomic E-state index is 12.6.